The van der Waals surface area contributed by atoms with Crippen molar-refractivity contribution < 1.29 is 28.5 Å². The van der Waals surface area contributed by atoms with Crippen molar-refractivity contribution in [3.63, 3.8) is 0 Å². The zero-order valence-electron chi connectivity index (χ0n) is 17.8. The fourth-order valence-corrected chi connectivity index (χ4v) is 4.33. The van der Waals surface area contributed by atoms with Crippen LogP contribution in [0.5, 0.6) is 17.2 Å². The minimum Gasteiger partial charge on any atom is -0.490 e. The van der Waals surface area contributed by atoms with E-state index < -0.39 is 18.5 Å². The monoisotopic (exact) mass is 557 g/mol. The summed E-state index contributed by atoms with van der Waals surface area (Å²) >= 11 is 6.83. The van der Waals surface area contributed by atoms with Crippen LogP contribution in [0.2, 0.25) is 0 Å². The zero-order chi connectivity index (χ0) is 23.0. The molecule has 0 aromatic heterocycles. The number of hydrogen-bond donors (Lipinski definition) is 1. The van der Waals surface area contributed by atoms with Gasteiger partial charge < -0.3 is 24.3 Å². The molecule has 31 heavy (non-hydrogen) atoms. The van der Waals surface area contributed by atoms with Gasteiger partial charge in [-0.2, -0.15) is 0 Å². The molecule has 2 aromatic rings. The van der Waals surface area contributed by atoms with Gasteiger partial charge in [-0.3, -0.25) is 4.79 Å². The Balaban J connectivity index is 2.15. The van der Waals surface area contributed by atoms with Crippen LogP contribution in [0.4, 0.5) is 5.69 Å². The number of nitrogens with one attached hydrogen (secondary N) is 1. The highest BCUT2D eigenvalue weighted by atomic mass is 79.9. The molecule has 0 bridgehead atoms. The second-order valence-corrected chi connectivity index (χ2v) is 8.04. The summed E-state index contributed by atoms with van der Waals surface area (Å²) in [6, 6.07) is 6.78. The number of rotatable bonds is 10. The molecule has 0 spiro atoms. The van der Waals surface area contributed by atoms with Gasteiger partial charge in [0.15, 0.2) is 18.1 Å². The predicted molar refractivity (Wildman–Crippen MR) is 125 cm³/mol. The van der Waals surface area contributed by atoms with E-state index in [0.717, 1.165) is 5.56 Å². The van der Waals surface area contributed by atoms with Crippen molar-refractivity contribution in [1.29, 1.82) is 0 Å². The van der Waals surface area contributed by atoms with Crippen molar-refractivity contribution in [2.45, 2.75) is 27.7 Å². The number of hydrogen-bond acceptors (Lipinski definition) is 6. The van der Waals surface area contributed by atoms with Crippen LogP contribution in [-0.2, 0) is 9.53 Å². The van der Waals surface area contributed by atoms with Gasteiger partial charge in [0.05, 0.1) is 31.1 Å². The molecule has 0 atom stereocenters. The molecule has 9 heteroatoms. The van der Waals surface area contributed by atoms with Gasteiger partial charge in [0.1, 0.15) is 0 Å². The van der Waals surface area contributed by atoms with Gasteiger partial charge in [-0.1, -0.05) is 0 Å². The Morgan fingerprint density at radius 2 is 1.39 bits per heavy atom. The highest BCUT2D eigenvalue weighted by molar-refractivity contribution is 9.11. The van der Waals surface area contributed by atoms with Gasteiger partial charge in [0.2, 0.25) is 5.75 Å². The Morgan fingerprint density at radius 3 is 1.87 bits per heavy atom. The molecule has 0 heterocycles. The first-order valence-corrected chi connectivity index (χ1v) is 11.4. The van der Waals surface area contributed by atoms with E-state index >= 15 is 0 Å². The number of carbonyl (C=O) groups excluding carboxylic acids is 2. The number of carbonyl (C=O) groups is 2. The van der Waals surface area contributed by atoms with E-state index in [1.165, 1.54) is 12.1 Å². The predicted octanol–water partition coefficient (Wildman–Crippen LogP) is 5.51. The largest absolute Gasteiger partial charge is 0.490 e. The average molecular weight is 559 g/mol. The smallest absolute Gasteiger partial charge is 0.338 e. The maximum Gasteiger partial charge on any atom is 0.338 e. The number of benzene rings is 2. The summed E-state index contributed by atoms with van der Waals surface area (Å²) in [7, 11) is 0. The Hall–Kier alpha value is -2.26. The summed E-state index contributed by atoms with van der Waals surface area (Å²) in [5, 5.41) is 2.72. The van der Waals surface area contributed by atoms with Gasteiger partial charge in [-0.15, -0.1) is 0 Å². The van der Waals surface area contributed by atoms with Crippen LogP contribution in [0.15, 0.2) is 33.2 Å². The quantitative estimate of drug-likeness (QED) is 0.387. The Labute approximate surface area is 198 Å². The second kappa shape index (κ2) is 12.0. The molecule has 1 N–H and O–H groups in total. The van der Waals surface area contributed by atoms with E-state index in [-0.39, 0.29) is 5.56 Å². The minimum atomic E-state index is -0.679. The van der Waals surface area contributed by atoms with E-state index in [1.54, 1.807) is 0 Å². The third-order valence-electron chi connectivity index (χ3n) is 3.93. The molecule has 0 aliphatic rings. The maximum atomic E-state index is 12.6. The van der Waals surface area contributed by atoms with E-state index in [0.29, 0.717) is 51.7 Å². The molecule has 2 rings (SSSR count). The number of ether oxygens (including phenoxy) is 4. The molecule has 0 fully saturated rings. The third kappa shape index (κ3) is 6.87. The highest BCUT2D eigenvalue weighted by Crippen LogP contribution is 2.39. The summed E-state index contributed by atoms with van der Waals surface area (Å²) in [6.45, 7) is 8.16. The molecule has 7 nitrogen and oxygen atoms in total. The van der Waals surface area contributed by atoms with Gasteiger partial charge in [-0.05, 0) is 89.4 Å². The minimum absolute atomic E-state index is 0.195. The first-order valence-electron chi connectivity index (χ1n) is 9.79. The normalized spacial score (nSPS) is 10.4. The average Bonchev–Trinajstić information content (AvgIpc) is 2.71. The SMILES string of the molecule is CCOc1cc(C(=O)OCC(=O)Nc2c(Br)cc(C)cc2Br)cc(OCC)c1OCC. The topological polar surface area (TPSA) is 83.1 Å². The molecule has 2 aromatic carbocycles. The second-order valence-electron chi connectivity index (χ2n) is 6.33. The highest BCUT2D eigenvalue weighted by Gasteiger charge is 2.20. The summed E-state index contributed by atoms with van der Waals surface area (Å²) in [5.41, 5.74) is 1.78. The fraction of sp³-hybridized carbons (Fsp3) is 0.364. The van der Waals surface area contributed by atoms with Crippen molar-refractivity contribution in [1.82, 2.24) is 0 Å². The first-order chi connectivity index (χ1) is 14.8. The van der Waals surface area contributed by atoms with Crippen LogP contribution < -0.4 is 19.5 Å². The third-order valence-corrected chi connectivity index (χ3v) is 5.18. The molecule has 0 unspecified atom stereocenters. The van der Waals surface area contributed by atoms with Gasteiger partial charge in [0.25, 0.3) is 5.91 Å². The maximum absolute atomic E-state index is 12.6. The summed E-state index contributed by atoms with van der Waals surface area (Å²) in [4.78, 5) is 24.9. The first kappa shape index (κ1) is 25.0. The number of halogens is 2. The standard InChI is InChI=1S/C22H25Br2NO6/c1-5-28-17-10-14(11-18(29-6-2)21(17)30-7-3)22(27)31-12-19(26)25-20-15(23)8-13(4)9-16(20)24/h8-11H,5-7,12H2,1-4H3,(H,25,26). The molecular formula is C22H25Br2NO6. The van der Waals surface area contributed by atoms with Crippen LogP contribution in [0.1, 0.15) is 36.7 Å². The fourth-order valence-electron chi connectivity index (χ4n) is 2.72. The summed E-state index contributed by atoms with van der Waals surface area (Å²) in [5.74, 6) is 0.0229. The lowest BCUT2D eigenvalue weighted by molar-refractivity contribution is -0.119. The lowest BCUT2D eigenvalue weighted by atomic mass is 10.2. The number of esters is 1. The molecule has 1 amide bonds. The van der Waals surface area contributed by atoms with Gasteiger partial charge in [-0.25, -0.2) is 4.79 Å². The summed E-state index contributed by atoms with van der Waals surface area (Å²) in [6.07, 6.45) is 0. The van der Waals surface area contributed by atoms with Crippen molar-refractivity contribution >= 4 is 49.4 Å². The molecular weight excluding hydrogens is 534 g/mol. The zero-order valence-corrected chi connectivity index (χ0v) is 21.0. The molecule has 0 radical (unpaired) electrons. The van der Waals surface area contributed by atoms with E-state index in [2.05, 4.69) is 37.2 Å². The van der Waals surface area contributed by atoms with E-state index in [4.69, 9.17) is 18.9 Å². The van der Waals surface area contributed by atoms with Gasteiger partial charge in [0, 0.05) is 8.95 Å². The molecule has 0 aliphatic carbocycles. The Bertz CT molecular complexity index is 898. The molecule has 0 saturated heterocycles. The number of anilines is 1. The van der Waals surface area contributed by atoms with E-state index in [9.17, 15) is 9.59 Å². The van der Waals surface area contributed by atoms with Crippen LogP contribution in [0.25, 0.3) is 0 Å². The molecule has 0 aliphatic heterocycles. The van der Waals surface area contributed by atoms with Crippen molar-refractivity contribution in [3.05, 3.63) is 44.3 Å². The summed E-state index contributed by atoms with van der Waals surface area (Å²) < 4.78 is 23.5. The molecule has 168 valence electrons. The number of amides is 1. The van der Waals surface area contributed by atoms with E-state index in [1.807, 2.05) is 39.8 Å². The van der Waals surface area contributed by atoms with Crippen molar-refractivity contribution in [3.8, 4) is 17.2 Å². The lowest BCUT2D eigenvalue weighted by Crippen LogP contribution is -2.21. The van der Waals surface area contributed by atoms with Crippen LogP contribution in [0.3, 0.4) is 0 Å². The van der Waals surface area contributed by atoms with Crippen LogP contribution in [-0.4, -0.2) is 38.3 Å². The number of aryl methyl sites for hydroxylation is 1. The van der Waals surface area contributed by atoms with Crippen LogP contribution >= 0.6 is 31.9 Å². The Morgan fingerprint density at radius 1 is 0.871 bits per heavy atom. The van der Waals surface area contributed by atoms with Crippen LogP contribution in [0, 0.1) is 6.92 Å². The Kier molecular flexibility index (Phi) is 9.64. The van der Waals surface area contributed by atoms with Crippen molar-refractivity contribution in [2.75, 3.05) is 31.7 Å². The van der Waals surface area contributed by atoms with Crippen molar-refractivity contribution in [2.24, 2.45) is 0 Å². The molecule has 0 saturated carbocycles. The lowest BCUT2D eigenvalue weighted by Gasteiger charge is -2.17. The van der Waals surface area contributed by atoms with Gasteiger partial charge >= 0.3 is 5.97 Å².